The molecule has 0 radical (unpaired) electrons. The molecule has 1 atom stereocenters. The molecule has 10 nitrogen and oxygen atoms in total. The molecule has 0 saturated heterocycles. The van der Waals surface area contributed by atoms with E-state index in [4.69, 9.17) is 13.6 Å². The lowest BCUT2D eigenvalue weighted by Crippen LogP contribution is -2.45. The Bertz CT molecular complexity index is 1150. The predicted molar refractivity (Wildman–Crippen MR) is 113 cm³/mol. The van der Waals surface area contributed by atoms with Crippen LogP contribution >= 0.6 is 0 Å². The first-order chi connectivity index (χ1) is 15.7. The van der Waals surface area contributed by atoms with Gasteiger partial charge < -0.3 is 23.8 Å². The van der Waals surface area contributed by atoms with Crippen LogP contribution in [0.15, 0.2) is 69.9 Å². The average Bonchev–Trinajstić information content (AvgIpc) is 3.57. The van der Waals surface area contributed by atoms with Gasteiger partial charge in [-0.25, -0.2) is 4.68 Å². The first-order valence-electron chi connectivity index (χ1n) is 10.1. The van der Waals surface area contributed by atoms with Crippen molar-refractivity contribution in [2.24, 2.45) is 0 Å². The van der Waals surface area contributed by atoms with Gasteiger partial charge in [0.15, 0.2) is 6.04 Å². The van der Waals surface area contributed by atoms with Gasteiger partial charge in [-0.1, -0.05) is 17.3 Å². The van der Waals surface area contributed by atoms with Crippen LogP contribution in [0.2, 0.25) is 0 Å². The Hall–Kier alpha value is -3.92. The molecule has 2 amide bonds. The standard InChI is InChI=1S/C22H23N5O5/c1-30-13-10-23-22(29)21(19-9-5-12-32-19)26(14-16-6-4-11-31-16)20(28)15-27-18-8-3-2-7-17(18)24-25-27/h2-9,11-12,21H,10,13-15H2,1H3,(H,23,29)/t21-/m1/s1. The molecule has 0 aliphatic heterocycles. The molecule has 0 aliphatic carbocycles. The molecule has 1 aromatic carbocycles. The summed E-state index contributed by atoms with van der Waals surface area (Å²) >= 11 is 0. The lowest BCUT2D eigenvalue weighted by Gasteiger charge is -2.29. The smallest absolute Gasteiger partial charge is 0.250 e. The van der Waals surface area contributed by atoms with Crippen LogP contribution in [0.1, 0.15) is 17.6 Å². The fourth-order valence-electron chi connectivity index (χ4n) is 3.39. The van der Waals surface area contributed by atoms with Crippen molar-refractivity contribution in [2.45, 2.75) is 19.1 Å². The number of para-hydroxylation sites is 1. The summed E-state index contributed by atoms with van der Waals surface area (Å²) in [6.07, 6.45) is 2.98. The number of rotatable bonds is 10. The molecule has 3 heterocycles. The summed E-state index contributed by atoms with van der Waals surface area (Å²) in [5, 5.41) is 11.0. The van der Waals surface area contributed by atoms with Crippen LogP contribution in [0.4, 0.5) is 0 Å². The van der Waals surface area contributed by atoms with Gasteiger partial charge in [0, 0.05) is 13.7 Å². The Balaban J connectivity index is 1.65. The number of hydrogen-bond acceptors (Lipinski definition) is 7. The molecule has 0 aliphatic rings. The lowest BCUT2D eigenvalue weighted by molar-refractivity contribution is -0.143. The van der Waals surface area contributed by atoms with Crippen molar-refractivity contribution in [2.75, 3.05) is 20.3 Å². The number of aromatic nitrogens is 3. The normalized spacial score (nSPS) is 12.0. The summed E-state index contributed by atoms with van der Waals surface area (Å²) in [4.78, 5) is 28.0. The molecule has 0 bridgehead atoms. The highest BCUT2D eigenvalue weighted by atomic mass is 16.5. The number of nitrogens with zero attached hydrogens (tertiary/aromatic N) is 4. The van der Waals surface area contributed by atoms with Gasteiger partial charge in [-0.2, -0.15) is 0 Å². The SMILES string of the molecule is COCCNC(=O)[C@@H](c1ccco1)N(Cc1ccco1)C(=O)Cn1nnc2ccccc21. The number of fused-ring (bicyclic) bond motifs is 1. The molecule has 0 unspecified atom stereocenters. The van der Waals surface area contributed by atoms with Crippen LogP contribution in [-0.4, -0.2) is 52.0 Å². The van der Waals surface area contributed by atoms with Crippen molar-refractivity contribution in [3.63, 3.8) is 0 Å². The monoisotopic (exact) mass is 437 g/mol. The van der Waals surface area contributed by atoms with Crippen LogP contribution in [0.5, 0.6) is 0 Å². The Morgan fingerprint density at radius 2 is 1.94 bits per heavy atom. The third-order valence-electron chi connectivity index (χ3n) is 4.91. The first-order valence-corrected chi connectivity index (χ1v) is 10.1. The Morgan fingerprint density at radius 1 is 1.12 bits per heavy atom. The van der Waals surface area contributed by atoms with E-state index in [9.17, 15) is 9.59 Å². The third-order valence-corrected chi connectivity index (χ3v) is 4.91. The number of methoxy groups -OCH3 is 1. The number of furan rings is 2. The highest BCUT2D eigenvalue weighted by molar-refractivity contribution is 5.88. The molecule has 4 rings (SSSR count). The summed E-state index contributed by atoms with van der Waals surface area (Å²) in [7, 11) is 1.55. The second-order valence-electron chi connectivity index (χ2n) is 7.04. The minimum Gasteiger partial charge on any atom is -0.467 e. The molecule has 166 valence electrons. The van der Waals surface area contributed by atoms with Crippen molar-refractivity contribution in [3.8, 4) is 0 Å². The summed E-state index contributed by atoms with van der Waals surface area (Å²) in [5.41, 5.74) is 1.40. The van der Waals surface area contributed by atoms with E-state index in [0.717, 1.165) is 5.52 Å². The predicted octanol–water partition coefficient (Wildman–Crippen LogP) is 2.15. The fraction of sp³-hybridized carbons (Fsp3) is 0.273. The van der Waals surface area contributed by atoms with E-state index >= 15 is 0 Å². The molecular formula is C22H23N5O5. The van der Waals surface area contributed by atoms with Gasteiger partial charge in [0.2, 0.25) is 5.91 Å². The Labute approximate surface area is 183 Å². The van der Waals surface area contributed by atoms with Crippen molar-refractivity contribution in [1.82, 2.24) is 25.2 Å². The van der Waals surface area contributed by atoms with E-state index in [1.807, 2.05) is 24.3 Å². The van der Waals surface area contributed by atoms with Gasteiger partial charge in [-0.15, -0.1) is 5.10 Å². The molecule has 32 heavy (non-hydrogen) atoms. The van der Waals surface area contributed by atoms with Gasteiger partial charge in [0.1, 0.15) is 23.6 Å². The zero-order valence-corrected chi connectivity index (χ0v) is 17.5. The van der Waals surface area contributed by atoms with E-state index in [0.29, 0.717) is 30.2 Å². The third kappa shape index (κ3) is 4.70. The van der Waals surface area contributed by atoms with E-state index in [1.54, 1.807) is 31.4 Å². The largest absolute Gasteiger partial charge is 0.467 e. The maximum absolute atomic E-state index is 13.5. The minimum atomic E-state index is -1.01. The van der Waals surface area contributed by atoms with Crippen LogP contribution in [0.25, 0.3) is 11.0 Å². The zero-order chi connectivity index (χ0) is 22.3. The number of ether oxygens (including phenoxy) is 1. The highest BCUT2D eigenvalue weighted by Crippen LogP contribution is 2.25. The van der Waals surface area contributed by atoms with E-state index in [1.165, 1.54) is 22.1 Å². The van der Waals surface area contributed by atoms with Gasteiger partial charge >= 0.3 is 0 Å². The molecule has 4 aromatic rings. The topological polar surface area (TPSA) is 116 Å². The van der Waals surface area contributed by atoms with Crippen molar-refractivity contribution < 1.29 is 23.2 Å². The van der Waals surface area contributed by atoms with Gasteiger partial charge in [0.25, 0.3) is 5.91 Å². The highest BCUT2D eigenvalue weighted by Gasteiger charge is 2.34. The van der Waals surface area contributed by atoms with E-state index in [2.05, 4.69) is 15.6 Å². The molecule has 0 spiro atoms. The summed E-state index contributed by atoms with van der Waals surface area (Å²) < 4.78 is 17.5. The molecule has 0 saturated carbocycles. The molecule has 0 fully saturated rings. The van der Waals surface area contributed by atoms with Crippen LogP contribution in [-0.2, 0) is 27.4 Å². The maximum Gasteiger partial charge on any atom is 0.250 e. The minimum absolute atomic E-state index is 0.0710. The van der Waals surface area contributed by atoms with Gasteiger partial charge in [-0.05, 0) is 36.4 Å². The number of carbonyl (C=O) groups is 2. The Morgan fingerprint density at radius 3 is 2.69 bits per heavy atom. The number of carbonyl (C=O) groups excluding carboxylic acids is 2. The number of amides is 2. The van der Waals surface area contributed by atoms with Crippen molar-refractivity contribution >= 4 is 22.8 Å². The van der Waals surface area contributed by atoms with E-state index < -0.39 is 6.04 Å². The second-order valence-corrected chi connectivity index (χ2v) is 7.04. The fourth-order valence-corrected chi connectivity index (χ4v) is 3.39. The molecule has 1 N–H and O–H groups in total. The van der Waals surface area contributed by atoms with Gasteiger partial charge in [0.05, 0.1) is 31.2 Å². The van der Waals surface area contributed by atoms with Crippen molar-refractivity contribution in [3.05, 3.63) is 72.6 Å². The number of hydrogen-bond donors (Lipinski definition) is 1. The van der Waals surface area contributed by atoms with Gasteiger partial charge in [-0.3, -0.25) is 9.59 Å². The van der Waals surface area contributed by atoms with Crippen LogP contribution in [0.3, 0.4) is 0 Å². The van der Waals surface area contributed by atoms with Crippen LogP contribution < -0.4 is 5.32 Å². The molecular weight excluding hydrogens is 414 g/mol. The molecule has 10 heteroatoms. The average molecular weight is 437 g/mol. The second kappa shape index (κ2) is 9.92. The van der Waals surface area contributed by atoms with E-state index in [-0.39, 0.29) is 24.9 Å². The summed E-state index contributed by atoms with van der Waals surface area (Å²) in [5.74, 6) is 0.131. The quantitative estimate of drug-likeness (QED) is 0.378. The number of nitrogens with one attached hydrogen (secondary N) is 1. The molecule has 3 aromatic heterocycles. The maximum atomic E-state index is 13.5. The summed E-state index contributed by atoms with van der Waals surface area (Å²) in [6.45, 7) is 0.599. The summed E-state index contributed by atoms with van der Waals surface area (Å²) in [6, 6.07) is 13.1. The van der Waals surface area contributed by atoms with Crippen molar-refractivity contribution in [1.29, 1.82) is 0 Å². The van der Waals surface area contributed by atoms with Crippen LogP contribution in [0, 0.1) is 0 Å². The first kappa shape index (κ1) is 21.3. The Kier molecular flexibility index (Phi) is 6.61. The number of benzene rings is 1. The zero-order valence-electron chi connectivity index (χ0n) is 17.5. The lowest BCUT2D eigenvalue weighted by atomic mass is 10.1.